The molecule has 0 amide bonds. The van der Waals surface area contributed by atoms with Crippen molar-refractivity contribution in [3.05, 3.63) is 18.5 Å². The second-order valence-corrected chi connectivity index (χ2v) is 6.85. The zero-order chi connectivity index (χ0) is 14.4. The maximum absolute atomic E-state index is 6.08. The minimum absolute atomic E-state index is 0.272. The maximum atomic E-state index is 6.08. The molecule has 0 N–H and O–H groups in total. The molecule has 1 unspecified atom stereocenters. The molecule has 2 saturated heterocycles. The molecule has 0 radical (unpaired) electrons. The van der Waals surface area contributed by atoms with Gasteiger partial charge in [0.15, 0.2) is 0 Å². The molecular weight excluding hydrogens is 253 g/mol. The Kier molecular flexibility index (Phi) is 3.47. The highest BCUT2D eigenvalue weighted by molar-refractivity contribution is 6.62. The van der Waals surface area contributed by atoms with E-state index in [1.54, 1.807) is 0 Å². The SMILES string of the molecule is CC1(C)OB(c2ccn(C3CCCOC3)c2)OC1(C)C. The lowest BCUT2D eigenvalue weighted by molar-refractivity contribution is 0.00578. The Bertz CT molecular complexity index is 461. The van der Waals surface area contributed by atoms with Crippen LogP contribution in [0.25, 0.3) is 0 Å². The minimum atomic E-state index is -0.284. The molecule has 0 spiro atoms. The van der Waals surface area contributed by atoms with Crippen molar-refractivity contribution >= 4 is 12.6 Å². The van der Waals surface area contributed by atoms with Gasteiger partial charge in [-0.25, -0.2) is 0 Å². The Hall–Kier alpha value is -0.775. The summed E-state index contributed by atoms with van der Waals surface area (Å²) in [6.45, 7) is 10.0. The molecule has 2 aliphatic heterocycles. The Labute approximate surface area is 121 Å². The van der Waals surface area contributed by atoms with E-state index >= 15 is 0 Å². The summed E-state index contributed by atoms with van der Waals surface area (Å²) in [5.41, 5.74) is 0.524. The highest BCUT2D eigenvalue weighted by Gasteiger charge is 2.51. The summed E-state index contributed by atoms with van der Waals surface area (Å²) in [4.78, 5) is 0. The Balaban J connectivity index is 1.74. The van der Waals surface area contributed by atoms with Crippen LogP contribution in [0.3, 0.4) is 0 Å². The third-order valence-electron chi connectivity index (χ3n) is 4.82. The first-order valence-electron chi connectivity index (χ1n) is 7.50. The largest absolute Gasteiger partial charge is 0.496 e. The third kappa shape index (κ3) is 2.43. The topological polar surface area (TPSA) is 32.6 Å². The zero-order valence-corrected chi connectivity index (χ0v) is 12.9. The molecule has 110 valence electrons. The fourth-order valence-corrected chi connectivity index (χ4v) is 2.73. The number of rotatable bonds is 2. The molecule has 3 heterocycles. The average Bonchev–Trinajstić information content (AvgIpc) is 2.94. The van der Waals surface area contributed by atoms with Gasteiger partial charge in [-0.05, 0) is 46.6 Å². The molecular formula is C15H24BNO3. The van der Waals surface area contributed by atoms with E-state index in [1.807, 2.05) is 0 Å². The fourth-order valence-electron chi connectivity index (χ4n) is 2.73. The zero-order valence-electron chi connectivity index (χ0n) is 12.9. The van der Waals surface area contributed by atoms with Crippen molar-refractivity contribution in [2.45, 2.75) is 57.8 Å². The van der Waals surface area contributed by atoms with E-state index in [4.69, 9.17) is 14.0 Å². The highest BCUT2D eigenvalue weighted by atomic mass is 16.7. The molecule has 4 nitrogen and oxygen atoms in total. The van der Waals surface area contributed by atoms with Crippen molar-refractivity contribution in [2.75, 3.05) is 13.2 Å². The predicted molar refractivity (Wildman–Crippen MR) is 79.2 cm³/mol. The quantitative estimate of drug-likeness (QED) is 0.776. The molecule has 2 aliphatic rings. The molecule has 1 atom stereocenters. The second kappa shape index (κ2) is 4.90. The van der Waals surface area contributed by atoms with Gasteiger partial charge in [0, 0.05) is 24.5 Å². The van der Waals surface area contributed by atoms with E-state index in [9.17, 15) is 0 Å². The van der Waals surface area contributed by atoms with Crippen molar-refractivity contribution < 1.29 is 14.0 Å². The van der Waals surface area contributed by atoms with Crippen molar-refractivity contribution in [3.63, 3.8) is 0 Å². The monoisotopic (exact) mass is 277 g/mol. The van der Waals surface area contributed by atoms with E-state index in [2.05, 4.69) is 50.7 Å². The van der Waals surface area contributed by atoms with Gasteiger partial charge in [0.2, 0.25) is 0 Å². The van der Waals surface area contributed by atoms with Gasteiger partial charge in [0.1, 0.15) is 0 Å². The normalized spacial score (nSPS) is 28.8. The van der Waals surface area contributed by atoms with Crippen LogP contribution in [0.15, 0.2) is 18.5 Å². The summed E-state index contributed by atoms with van der Waals surface area (Å²) >= 11 is 0. The maximum Gasteiger partial charge on any atom is 0.496 e. The highest BCUT2D eigenvalue weighted by Crippen LogP contribution is 2.36. The summed E-state index contributed by atoms with van der Waals surface area (Å²) < 4.78 is 20.0. The molecule has 1 aromatic rings. The summed E-state index contributed by atoms with van der Waals surface area (Å²) in [6, 6.07) is 2.54. The first-order valence-corrected chi connectivity index (χ1v) is 7.50. The fraction of sp³-hybridized carbons (Fsp3) is 0.733. The van der Waals surface area contributed by atoms with Crippen molar-refractivity contribution in [1.82, 2.24) is 4.57 Å². The Morgan fingerprint density at radius 2 is 1.90 bits per heavy atom. The minimum Gasteiger partial charge on any atom is -0.399 e. The van der Waals surface area contributed by atoms with Crippen LogP contribution in [-0.4, -0.2) is 36.1 Å². The van der Waals surface area contributed by atoms with Gasteiger partial charge in [-0.2, -0.15) is 0 Å². The van der Waals surface area contributed by atoms with Crippen molar-refractivity contribution in [3.8, 4) is 0 Å². The molecule has 5 heteroatoms. The predicted octanol–water partition coefficient (Wildman–Crippen LogP) is 2.14. The first kappa shape index (κ1) is 14.2. The average molecular weight is 277 g/mol. The van der Waals surface area contributed by atoms with E-state index in [-0.39, 0.29) is 18.3 Å². The lowest BCUT2D eigenvalue weighted by Crippen LogP contribution is -2.41. The van der Waals surface area contributed by atoms with Crippen LogP contribution >= 0.6 is 0 Å². The second-order valence-electron chi connectivity index (χ2n) is 6.85. The summed E-state index contributed by atoms with van der Waals surface area (Å²) in [7, 11) is -0.272. The molecule has 0 aliphatic carbocycles. The van der Waals surface area contributed by atoms with Crippen LogP contribution in [0.4, 0.5) is 0 Å². The van der Waals surface area contributed by atoms with Crippen LogP contribution < -0.4 is 5.46 Å². The molecule has 0 bridgehead atoms. The van der Waals surface area contributed by atoms with Crippen LogP contribution in [0.5, 0.6) is 0 Å². The summed E-state index contributed by atoms with van der Waals surface area (Å²) in [6.07, 6.45) is 6.56. The van der Waals surface area contributed by atoms with Crippen molar-refractivity contribution in [1.29, 1.82) is 0 Å². The van der Waals surface area contributed by atoms with Gasteiger partial charge in [-0.3, -0.25) is 0 Å². The van der Waals surface area contributed by atoms with Crippen molar-refractivity contribution in [2.24, 2.45) is 0 Å². The lowest BCUT2D eigenvalue weighted by atomic mass is 9.81. The van der Waals surface area contributed by atoms with E-state index in [0.717, 1.165) is 25.1 Å². The molecule has 2 fully saturated rings. The van der Waals surface area contributed by atoms with E-state index < -0.39 is 0 Å². The van der Waals surface area contributed by atoms with E-state index in [0.29, 0.717) is 6.04 Å². The van der Waals surface area contributed by atoms with Gasteiger partial charge < -0.3 is 18.6 Å². The smallest absolute Gasteiger partial charge is 0.399 e. The number of aromatic nitrogens is 1. The Morgan fingerprint density at radius 1 is 1.20 bits per heavy atom. The third-order valence-corrected chi connectivity index (χ3v) is 4.82. The van der Waals surface area contributed by atoms with Crippen LogP contribution in [-0.2, 0) is 14.0 Å². The summed E-state index contributed by atoms with van der Waals surface area (Å²) in [5.74, 6) is 0. The number of hydrogen-bond acceptors (Lipinski definition) is 3. The molecule has 0 aromatic carbocycles. The number of hydrogen-bond donors (Lipinski definition) is 0. The lowest BCUT2D eigenvalue weighted by Gasteiger charge is -2.32. The van der Waals surface area contributed by atoms with E-state index in [1.165, 1.54) is 6.42 Å². The first-order chi connectivity index (χ1) is 9.39. The number of nitrogens with zero attached hydrogens (tertiary/aromatic N) is 1. The summed E-state index contributed by atoms with van der Waals surface area (Å²) in [5, 5.41) is 0. The number of ether oxygens (including phenoxy) is 1. The van der Waals surface area contributed by atoms with Gasteiger partial charge >= 0.3 is 7.12 Å². The van der Waals surface area contributed by atoms with Gasteiger partial charge in [0.25, 0.3) is 0 Å². The van der Waals surface area contributed by atoms with Gasteiger partial charge in [-0.15, -0.1) is 0 Å². The van der Waals surface area contributed by atoms with Crippen LogP contribution in [0.2, 0.25) is 0 Å². The standard InChI is InChI=1S/C15H24BNO3/c1-14(2)15(3,4)20-16(19-14)12-7-8-17(10-12)13-6-5-9-18-11-13/h7-8,10,13H,5-6,9,11H2,1-4H3. The molecule has 0 saturated carbocycles. The molecule has 20 heavy (non-hydrogen) atoms. The molecule has 1 aromatic heterocycles. The van der Waals surface area contributed by atoms with Gasteiger partial charge in [0.05, 0.1) is 23.9 Å². The van der Waals surface area contributed by atoms with Crippen LogP contribution in [0.1, 0.15) is 46.6 Å². The molecule has 3 rings (SSSR count). The van der Waals surface area contributed by atoms with Gasteiger partial charge in [-0.1, -0.05) is 0 Å². The van der Waals surface area contributed by atoms with Crippen LogP contribution in [0, 0.1) is 0 Å². The Morgan fingerprint density at radius 3 is 2.50 bits per heavy atom.